The van der Waals surface area contributed by atoms with Crippen LogP contribution >= 0.6 is 0 Å². The maximum atomic E-state index is 11.9. The first kappa shape index (κ1) is 25.8. The molecule has 0 spiro atoms. The molecule has 2 nitrogen and oxygen atoms in total. The van der Waals surface area contributed by atoms with E-state index in [1.165, 1.54) is 51.4 Å². The lowest BCUT2D eigenvalue weighted by atomic mass is 9.29. The minimum absolute atomic E-state index is 0.0202. The van der Waals surface area contributed by atoms with Crippen LogP contribution in [0.2, 0.25) is 0 Å². The number of carbonyl (C=O) groups is 1. The predicted octanol–water partition coefficient (Wildman–Crippen LogP) is 8.99. The van der Waals surface area contributed by atoms with Crippen molar-refractivity contribution in [2.24, 2.45) is 56.2 Å². The van der Waals surface area contributed by atoms with Crippen molar-refractivity contribution >= 4 is 5.97 Å². The standard InChI is InChI=1S/C33H54O2/c1-21-11-15-29(6)19-20-30(7)24(27(29)22(21)2)12-17-33(10)31(8)16-14-26(35-23(3)34)28(4,5)25(31)13-18-32(30,33)9/h12,21-22,25-27H,11,13-20H2,1-10H3/t21-,22+,25+,26+,27+,29-,30-,31+,32+,33-/m1/s1. The summed E-state index contributed by atoms with van der Waals surface area (Å²) < 4.78 is 5.94. The number of hydrogen-bond acceptors (Lipinski definition) is 2. The van der Waals surface area contributed by atoms with Crippen molar-refractivity contribution < 1.29 is 9.53 Å². The van der Waals surface area contributed by atoms with Gasteiger partial charge in [-0.3, -0.25) is 4.79 Å². The fraction of sp³-hybridized carbons (Fsp3) is 0.909. The monoisotopic (exact) mass is 482 g/mol. The minimum atomic E-state index is -0.114. The lowest BCUT2D eigenvalue weighted by Gasteiger charge is -2.76. The van der Waals surface area contributed by atoms with Gasteiger partial charge in [-0.2, -0.15) is 0 Å². The molecule has 0 aromatic rings. The maximum absolute atomic E-state index is 11.9. The summed E-state index contributed by atoms with van der Waals surface area (Å²) in [4.78, 5) is 11.9. The Morgan fingerprint density at radius 3 is 2.20 bits per heavy atom. The zero-order chi connectivity index (χ0) is 25.8. The van der Waals surface area contributed by atoms with E-state index in [-0.39, 0.29) is 28.3 Å². The molecule has 4 fully saturated rings. The Morgan fingerprint density at radius 1 is 0.857 bits per heavy atom. The van der Waals surface area contributed by atoms with Crippen LogP contribution in [0.3, 0.4) is 0 Å². The highest BCUT2D eigenvalue weighted by atomic mass is 16.5. The molecule has 0 aliphatic heterocycles. The molecule has 5 aliphatic rings. The number of fused-ring (bicyclic) bond motifs is 7. The molecule has 4 saturated carbocycles. The second kappa shape index (κ2) is 7.63. The van der Waals surface area contributed by atoms with Crippen LogP contribution in [0, 0.1) is 56.2 Å². The van der Waals surface area contributed by atoms with Gasteiger partial charge in [-0.25, -0.2) is 0 Å². The molecule has 0 saturated heterocycles. The molecular formula is C33H54O2. The Labute approximate surface area is 216 Å². The normalized spacial score (nSPS) is 54.9. The molecule has 0 amide bonds. The number of hydrogen-bond donors (Lipinski definition) is 0. The van der Waals surface area contributed by atoms with Crippen LogP contribution in [0.1, 0.15) is 127 Å². The van der Waals surface area contributed by atoms with Crippen molar-refractivity contribution in [3.05, 3.63) is 11.6 Å². The van der Waals surface area contributed by atoms with E-state index in [1.54, 1.807) is 6.92 Å². The summed E-state index contributed by atoms with van der Waals surface area (Å²) in [5.41, 5.74) is 3.50. The van der Waals surface area contributed by atoms with Gasteiger partial charge in [0.1, 0.15) is 6.10 Å². The molecule has 0 heterocycles. The molecule has 2 heteroatoms. The first-order chi connectivity index (χ1) is 16.1. The van der Waals surface area contributed by atoms with Crippen LogP contribution < -0.4 is 0 Å². The van der Waals surface area contributed by atoms with E-state index in [1.807, 2.05) is 5.57 Å². The van der Waals surface area contributed by atoms with Crippen LogP contribution in [0.4, 0.5) is 0 Å². The smallest absolute Gasteiger partial charge is 0.302 e. The Morgan fingerprint density at radius 2 is 1.54 bits per heavy atom. The Kier molecular flexibility index (Phi) is 5.63. The molecule has 10 atom stereocenters. The SMILES string of the molecule is CC(=O)O[C@H]1CC[C@@]2(C)[C@@H](CC[C@]3(C)[C@]2(C)CC=C2[C@@H]4[C@@H](C)[C@H](C)CC[C@]4(C)CC[C@]23C)C1(C)C. The van der Waals surface area contributed by atoms with Gasteiger partial charge in [0.15, 0.2) is 0 Å². The molecular weight excluding hydrogens is 428 g/mol. The Balaban J connectivity index is 1.59. The van der Waals surface area contributed by atoms with Crippen LogP contribution in [0.15, 0.2) is 11.6 Å². The predicted molar refractivity (Wildman–Crippen MR) is 145 cm³/mol. The maximum Gasteiger partial charge on any atom is 0.302 e. The third-order valence-corrected chi connectivity index (χ3v) is 14.6. The molecule has 0 aromatic heterocycles. The first-order valence-electron chi connectivity index (χ1n) is 15.0. The number of carbonyl (C=O) groups excluding carboxylic acids is 1. The van der Waals surface area contributed by atoms with E-state index in [9.17, 15) is 4.79 Å². The van der Waals surface area contributed by atoms with Gasteiger partial charge in [0.25, 0.3) is 0 Å². The highest BCUT2D eigenvalue weighted by Crippen LogP contribution is 2.80. The molecule has 0 aromatic carbocycles. The molecule has 0 N–H and O–H groups in total. The molecule has 0 unspecified atom stereocenters. The van der Waals surface area contributed by atoms with Crippen molar-refractivity contribution in [2.75, 3.05) is 0 Å². The molecule has 35 heavy (non-hydrogen) atoms. The highest BCUT2D eigenvalue weighted by molar-refractivity contribution is 5.66. The van der Waals surface area contributed by atoms with E-state index in [0.29, 0.717) is 22.2 Å². The van der Waals surface area contributed by atoms with Gasteiger partial charge in [-0.15, -0.1) is 0 Å². The average molecular weight is 483 g/mol. The van der Waals surface area contributed by atoms with Gasteiger partial charge in [0.05, 0.1) is 0 Å². The van der Waals surface area contributed by atoms with Crippen molar-refractivity contribution in [3.63, 3.8) is 0 Å². The Hall–Kier alpha value is -0.790. The lowest BCUT2D eigenvalue weighted by molar-refractivity contribution is -0.252. The zero-order valence-corrected chi connectivity index (χ0v) is 24.6. The average Bonchev–Trinajstić information content (AvgIpc) is 2.76. The highest BCUT2D eigenvalue weighted by Gasteiger charge is 2.72. The fourth-order valence-electron chi connectivity index (χ4n) is 11.6. The minimum Gasteiger partial charge on any atom is -0.462 e. The van der Waals surface area contributed by atoms with Gasteiger partial charge in [0.2, 0.25) is 0 Å². The Bertz CT molecular complexity index is 931. The van der Waals surface area contributed by atoms with Gasteiger partial charge in [-0.1, -0.05) is 74.0 Å². The van der Waals surface area contributed by atoms with E-state index < -0.39 is 0 Å². The molecule has 0 radical (unpaired) electrons. The topological polar surface area (TPSA) is 26.3 Å². The summed E-state index contributed by atoms with van der Waals surface area (Å²) in [5, 5.41) is 0. The van der Waals surface area contributed by atoms with Crippen molar-refractivity contribution in [2.45, 2.75) is 133 Å². The van der Waals surface area contributed by atoms with Crippen LogP contribution in [-0.2, 0) is 9.53 Å². The fourth-order valence-corrected chi connectivity index (χ4v) is 11.6. The number of rotatable bonds is 1. The second-order valence-corrected chi connectivity index (χ2v) is 15.8. The number of esters is 1. The van der Waals surface area contributed by atoms with E-state index >= 15 is 0 Å². The van der Waals surface area contributed by atoms with Crippen LogP contribution in [0.25, 0.3) is 0 Å². The zero-order valence-electron chi connectivity index (χ0n) is 24.6. The molecule has 0 bridgehead atoms. The molecule has 5 aliphatic carbocycles. The van der Waals surface area contributed by atoms with E-state index in [0.717, 1.165) is 24.2 Å². The quantitative estimate of drug-likeness (QED) is 0.275. The summed E-state index contributed by atoms with van der Waals surface area (Å²) in [6, 6.07) is 0. The molecule has 198 valence electrons. The lowest BCUT2D eigenvalue weighted by Crippen LogP contribution is -2.69. The number of ether oxygens (including phenoxy) is 1. The third-order valence-electron chi connectivity index (χ3n) is 14.6. The summed E-state index contributed by atoms with van der Waals surface area (Å²) in [6.07, 6.45) is 14.4. The van der Waals surface area contributed by atoms with E-state index in [2.05, 4.69) is 68.4 Å². The third kappa shape index (κ3) is 3.04. The second-order valence-electron chi connectivity index (χ2n) is 15.8. The van der Waals surface area contributed by atoms with Gasteiger partial charge in [0, 0.05) is 12.3 Å². The van der Waals surface area contributed by atoms with Gasteiger partial charge >= 0.3 is 5.97 Å². The van der Waals surface area contributed by atoms with E-state index in [4.69, 9.17) is 4.74 Å². The van der Waals surface area contributed by atoms with Gasteiger partial charge in [-0.05, 0) is 109 Å². The van der Waals surface area contributed by atoms with Crippen molar-refractivity contribution in [1.29, 1.82) is 0 Å². The first-order valence-corrected chi connectivity index (χ1v) is 15.0. The number of allylic oxidation sites excluding steroid dienone is 2. The summed E-state index contributed by atoms with van der Waals surface area (Å²) in [6.45, 7) is 24.8. The largest absolute Gasteiger partial charge is 0.462 e. The van der Waals surface area contributed by atoms with Crippen molar-refractivity contribution in [1.82, 2.24) is 0 Å². The van der Waals surface area contributed by atoms with Gasteiger partial charge < -0.3 is 4.74 Å². The van der Waals surface area contributed by atoms with Crippen LogP contribution in [-0.4, -0.2) is 12.1 Å². The molecule has 5 rings (SSSR count). The summed E-state index contributed by atoms with van der Waals surface area (Å²) in [5.74, 6) is 2.86. The summed E-state index contributed by atoms with van der Waals surface area (Å²) >= 11 is 0. The van der Waals surface area contributed by atoms with Crippen molar-refractivity contribution in [3.8, 4) is 0 Å². The summed E-state index contributed by atoms with van der Waals surface area (Å²) in [7, 11) is 0. The van der Waals surface area contributed by atoms with Crippen LogP contribution in [0.5, 0.6) is 0 Å².